The Morgan fingerprint density at radius 1 is 0.643 bits per heavy atom. The van der Waals surface area contributed by atoms with Crippen LogP contribution in [0.25, 0.3) is 38.2 Å². The maximum atomic E-state index is 3.80. The largest absolute Gasteiger partial charge is 0.355 e. The van der Waals surface area contributed by atoms with E-state index < -0.39 is 0 Å². The van der Waals surface area contributed by atoms with Gasteiger partial charge in [0, 0.05) is 39.5 Å². The van der Waals surface area contributed by atoms with Crippen LogP contribution in [-0.2, 0) is 5.41 Å². The van der Waals surface area contributed by atoms with Crippen LogP contribution in [0.2, 0.25) is 0 Å². The molecule has 2 nitrogen and oxygen atoms in total. The minimum Gasteiger partial charge on any atom is -0.355 e. The van der Waals surface area contributed by atoms with Gasteiger partial charge in [-0.25, -0.2) is 0 Å². The average Bonchev–Trinajstić information content (AvgIpc) is 3.47. The number of hydrogen-bond acceptors (Lipinski definition) is 2. The van der Waals surface area contributed by atoms with Gasteiger partial charge in [0.25, 0.3) is 0 Å². The van der Waals surface area contributed by atoms with E-state index in [-0.39, 0.29) is 5.41 Å². The fourth-order valence-electron chi connectivity index (χ4n) is 9.53. The van der Waals surface area contributed by atoms with Crippen LogP contribution < -0.4 is 10.2 Å². The van der Waals surface area contributed by atoms with Crippen LogP contribution in [0.4, 0.5) is 28.4 Å². The molecule has 0 fully saturated rings. The summed E-state index contributed by atoms with van der Waals surface area (Å²) in [4.78, 5) is 2.45. The molecule has 0 spiro atoms. The molecule has 10 rings (SSSR count). The van der Waals surface area contributed by atoms with E-state index in [0.717, 1.165) is 29.9 Å². The van der Waals surface area contributed by atoms with Gasteiger partial charge in [0.1, 0.15) is 0 Å². The van der Waals surface area contributed by atoms with Crippen molar-refractivity contribution in [2.24, 2.45) is 5.92 Å². The monoisotopic (exact) mass is 722 g/mol. The van der Waals surface area contributed by atoms with E-state index in [9.17, 15) is 0 Å². The highest BCUT2D eigenvalue weighted by atomic mass is 15.1. The number of nitrogens with zero attached hydrogens (tertiary/aromatic N) is 1. The summed E-state index contributed by atoms with van der Waals surface area (Å²) in [5.41, 5.74) is 15.3. The van der Waals surface area contributed by atoms with Crippen LogP contribution >= 0.6 is 0 Å². The first-order valence-corrected chi connectivity index (χ1v) is 20.1. The second-order valence-electron chi connectivity index (χ2n) is 16.2. The van der Waals surface area contributed by atoms with Crippen LogP contribution in [0, 0.1) is 5.92 Å². The molecule has 2 heteroatoms. The lowest BCUT2D eigenvalue weighted by molar-refractivity contribution is 0.607. The zero-order chi connectivity index (χ0) is 37.8. The van der Waals surface area contributed by atoms with Crippen molar-refractivity contribution in [2.75, 3.05) is 10.2 Å². The lowest BCUT2D eigenvalue weighted by Gasteiger charge is -2.30. The van der Waals surface area contributed by atoms with Crippen LogP contribution in [0.1, 0.15) is 56.2 Å². The summed E-state index contributed by atoms with van der Waals surface area (Å²) in [6, 6.07) is 53.7. The quantitative estimate of drug-likeness (QED) is 0.176. The minimum atomic E-state index is -0.000699. The first-order chi connectivity index (χ1) is 27.4. The smallest absolute Gasteiger partial charge is 0.0540 e. The molecule has 2 unspecified atom stereocenters. The first kappa shape index (κ1) is 34.1. The van der Waals surface area contributed by atoms with Crippen molar-refractivity contribution >= 4 is 55.6 Å². The van der Waals surface area contributed by atoms with E-state index in [1.165, 1.54) is 66.3 Å². The molecule has 0 saturated carbocycles. The molecule has 7 aromatic rings. The van der Waals surface area contributed by atoms with E-state index in [0.29, 0.717) is 11.8 Å². The van der Waals surface area contributed by atoms with Crippen LogP contribution in [0.3, 0.4) is 0 Å². The van der Waals surface area contributed by atoms with Crippen molar-refractivity contribution in [3.8, 4) is 11.1 Å². The van der Waals surface area contributed by atoms with Crippen molar-refractivity contribution in [3.63, 3.8) is 0 Å². The Labute approximate surface area is 330 Å². The van der Waals surface area contributed by atoms with Crippen LogP contribution in [0.15, 0.2) is 188 Å². The van der Waals surface area contributed by atoms with Gasteiger partial charge in [-0.15, -0.1) is 0 Å². The molecule has 3 aliphatic rings. The molecule has 2 atom stereocenters. The standard InChI is InChI=1S/C54H46N2/c1-36-13-4-7-17-44(36)53-46-19-9-6-15-40(46)27-34-51(53)55-41-28-23-37(24-29-41)38-25-30-42(31-26-38)56(52-22-12-16-39-14-5-8-18-45(39)52)43-32-33-48-47-20-10-11-21-49(47)54(2,3)50(48)35-43/h4-10,12-20,22-36,44,55H,11,21H2,1-3H3. The predicted molar refractivity (Wildman–Crippen MR) is 240 cm³/mol. The molecule has 0 aliphatic heterocycles. The Morgan fingerprint density at radius 2 is 1.32 bits per heavy atom. The van der Waals surface area contributed by atoms with Crippen LogP contribution in [0.5, 0.6) is 0 Å². The number of benzene rings is 7. The number of hydrogen-bond donors (Lipinski definition) is 1. The molecule has 0 radical (unpaired) electrons. The summed E-state index contributed by atoms with van der Waals surface area (Å²) in [5, 5.41) is 8.86. The lowest BCUT2D eigenvalue weighted by Crippen LogP contribution is -2.19. The molecule has 7 aromatic carbocycles. The van der Waals surface area contributed by atoms with E-state index in [4.69, 9.17) is 0 Å². The Morgan fingerprint density at radius 3 is 2.11 bits per heavy atom. The second kappa shape index (κ2) is 13.7. The van der Waals surface area contributed by atoms with Crippen molar-refractivity contribution in [2.45, 2.75) is 44.9 Å². The molecule has 0 heterocycles. The zero-order valence-corrected chi connectivity index (χ0v) is 32.3. The Hall–Kier alpha value is -6.38. The SMILES string of the molecule is CC1C=CC=CC1c1c(Nc2ccc(-c3ccc(N(c4ccc5c(c4)C(C)(C)C4=C5C=CCC4)c4cccc5ccccc45)cc3)cc2)ccc2ccccc12. The van der Waals surface area contributed by atoms with E-state index in [1.807, 2.05) is 0 Å². The summed E-state index contributed by atoms with van der Waals surface area (Å²) >= 11 is 0. The van der Waals surface area contributed by atoms with E-state index in [1.54, 1.807) is 5.57 Å². The summed E-state index contributed by atoms with van der Waals surface area (Å²) in [5.74, 6) is 0.727. The first-order valence-electron chi connectivity index (χ1n) is 20.1. The predicted octanol–water partition coefficient (Wildman–Crippen LogP) is 15.1. The molecular weight excluding hydrogens is 677 g/mol. The molecule has 0 bridgehead atoms. The highest BCUT2D eigenvalue weighted by molar-refractivity contribution is 6.00. The highest BCUT2D eigenvalue weighted by Crippen LogP contribution is 2.52. The van der Waals surface area contributed by atoms with Gasteiger partial charge in [0.2, 0.25) is 0 Å². The third-order valence-electron chi connectivity index (χ3n) is 12.5. The molecule has 1 N–H and O–H groups in total. The normalized spacial score (nSPS) is 18.0. The van der Waals surface area contributed by atoms with Gasteiger partial charge < -0.3 is 10.2 Å². The maximum Gasteiger partial charge on any atom is 0.0540 e. The Kier molecular flexibility index (Phi) is 8.37. The Bertz CT molecular complexity index is 2750. The van der Waals surface area contributed by atoms with Gasteiger partial charge in [-0.3, -0.25) is 0 Å². The number of fused-ring (bicyclic) bond motifs is 4. The number of nitrogens with one attached hydrogen (secondary N) is 1. The number of anilines is 5. The van der Waals surface area contributed by atoms with Crippen molar-refractivity contribution in [3.05, 3.63) is 204 Å². The summed E-state index contributed by atoms with van der Waals surface area (Å²) < 4.78 is 0. The van der Waals surface area contributed by atoms with E-state index >= 15 is 0 Å². The maximum absolute atomic E-state index is 3.80. The molecular formula is C54H46N2. The zero-order valence-electron chi connectivity index (χ0n) is 32.3. The van der Waals surface area contributed by atoms with Crippen LogP contribution in [-0.4, -0.2) is 0 Å². The summed E-state index contributed by atoms with van der Waals surface area (Å²) in [7, 11) is 0. The van der Waals surface area contributed by atoms with Gasteiger partial charge in [0.05, 0.1) is 5.69 Å². The summed E-state index contributed by atoms with van der Waals surface area (Å²) in [6.45, 7) is 7.12. The highest BCUT2D eigenvalue weighted by Gasteiger charge is 2.37. The van der Waals surface area contributed by atoms with Gasteiger partial charge in [-0.1, -0.05) is 160 Å². The van der Waals surface area contributed by atoms with Gasteiger partial charge >= 0.3 is 0 Å². The van der Waals surface area contributed by atoms with Crippen molar-refractivity contribution in [1.29, 1.82) is 0 Å². The molecule has 3 aliphatic carbocycles. The average molecular weight is 723 g/mol. The molecule has 0 saturated heterocycles. The molecule has 0 aromatic heterocycles. The summed E-state index contributed by atoms with van der Waals surface area (Å²) in [6.07, 6.45) is 16.0. The lowest BCUT2D eigenvalue weighted by atomic mass is 9.78. The van der Waals surface area contributed by atoms with E-state index in [2.05, 4.69) is 213 Å². The minimum absolute atomic E-state index is 0.000699. The fourth-order valence-corrected chi connectivity index (χ4v) is 9.53. The topological polar surface area (TPSA) is 15.3 Å². The molecule has 56 heavy (non-hydrogen) atoms. The third-order valence-corrected chi connectivity index (χ3v) is 12.5. The molecule has 0 amide bonds. The number of allylic oxidation sites excluding steroid dienone is 8. The Balaban J connectivity index is 0.984. The van der Waals surface area contributed by atoms with Gasteiger partial charge in [-0.2, -0.15) is 0 Å². The number of rotatable bonds is 7. The van der Waals surface area contributed by atoms with Gasteiger partial charge in [-0.05, 0) is 117 Å². The fraction of sp³-hybridized carbons (Fsp3) is 0.148. The molecule has 272 valence electrons. The van der Waals surface area contributed by atoms with Gasteiger partial charge in [0.15, 0.2) is 0 Å². The van der Waals surface area contributed by atoms with Crippen molar-refractivity contribution < 1.29 is 0 Å². The second-order valence-corrected chi connectivity index (χ2v) is 16.2. The third kappa shape index (κ3) is 5.80. The van der Waals surface area contributed by atoms with Crippen molar-refractivity contribution in [1.82, 2.24) is 0 Å².